The number of hydrazine groups is 1. The molecule has 0 bridgehead atoms. The molecule has 0 heterocycles. The van der Waals surface area contributed by atoms with Crippen LogP contribution in [0.4, 0.5) is 5.69 Å². The third-order valence-electron chi connectivity index (χ3n) is 2.72. The number of hydrogen-bond donors (Lipinski definition) is 2. The maximum Gasteiger partial charge on any atom is 0.269 e. The first-order chi connectivity index (χ1) is 8.75. The summed E-state index contributed by atoms with van der Waals surface area (Å²) in [6, 6.07) is 5.71. The van der Waals surface area contributed by atoms with Gasteiger partial charge in [0.05, 0.1) is 10.3 Å². The van der Waals surface area contributed by atoms with E-state index in [0.29, 0.717) is 5.56 Å². The summed E-state index contributed by atoms with van der Waals surface area (Å²) in [6.45, 7) is 4.59. The lowest BCUT2D eigenvalue weighted by Crippen LogP contribution is -2.48. The highest BCUT2D eigenvalue weighted by atomic mass is 16.6. The fraction of sp³-hybridized carbons (Fsp3) is 0.333. The van der Waals surface area contributed by atoms with Crippen LogP contribution in [-0.2, 0) is 15.0 Å². The van der Waals surface area contributed by atoms with Crippen LogP contribution >= 0.6 is 0 Å². The van der Waals surface area contributed by atoms with Crippen molar-refractivity contribution in [1.29, 1.82) is 0 Å². The van der Waals surface area contributed by atoms with Gasteiger partial charge in [-0.25, -0.2) is 0 Å². The monoisotopic (exact) mass is 265 g/mol. The first kappa shape index (κ1) is 14.6. The summed E-state index contributed by atoms with van der Waals surface area (Å²) in [5.74, 6) is -0.788. The van der Waals surface area contributed by atoms with Gasteiger partial charge < -0.3 is 0 Å². The zero-order chi connectivity index (χ0) is 14.6. The fourth-order valence-electron chi connectivity index (χ4n) is 1.43. The number of nitrogens with zero attached hydrogens (tertiary/aromatic N) is 1. The van der Waals surface area contributed by atoms with Crippen molar-refractivity contribution < 1.29 is 14.5 Å². The van der Waals surface area contributed by atoms with Crippen LogP contribution in [0.5, 0.6) is 0 Å². The molecule has 0 aliphatic rings. The first-order valence-corrected chi connectivity index (χ1v) is 5.57. The van der Waals surface area contributed by atoms with E-state index in [4.69, 9.17) is 0 Å². The fourth-order valence-corrected chi connectivity index (χ4v) is 1.43. The van der Waals surface area contributed by atoms with Gasteiger partial charge in [0.1, 0.15) is 0 Å². The number of rotatable bonds is 3. The van der Waals surface area contributed by atoms with E-state index in [1.165, 1.54) is 31.2 Å². The standard InChI is InChI=1S/C12H15N3O4/c1-8(16)13-14-11(17)12(2,3)9-4-6-10(7-5-9)15(18)19/h4-7H,1-3H3,(H,13,16)(H,14,17). The molecule has 102 valence electrons. The molecule has 0 aliphatic heterocycles. The average Bonchev–Trinajstić information content (AvgIpc) is 2.35. The summed E-state index contributed by atoms with van der Waals surface area (Å²) in [5, 5.41) is 10.6. The number of benzene rings is 1. The lowest BCUT2D eigenvalue weighted by molar-refractivity contribution is -0.384. The highest BCUT2D eigenvalue weighted by Gasteiger charge is 2.30. The Kier molecular flexibility index (Phi) is 4.21. The molecular formula is C12H15N3O4. The zero-order valence-corrected chi connectivity index (χ0v) is 10.9. The largest absolute Gasteiger partial charge is 0.274 e. The molecule has 0 saturated carbocycles. The van der Waals surface area contributed by atoms with E-state index in [1.54, 1.807) is 13.8 Å². The number of carbonyl (C=O) groups is 2. The number of amides is 2. The van der Waals surface area contributed by atoms with E-state index in [1.807, 2.05) is 0 Å². The Labute approximate surface area is 110 Å². The van der Waals surface area contributed by atoms with Gasteiger partial charge >= 0.3 is 0 Å². The minimum absolute atomic E-state index is 0.0400. The molecule has 0 spiro atoms. The van der Waals surface area contributed by atoms with Crippen molar-refractivity contribution >= 4 is 17.5 Å². The van der Waals surface area contributed by atoms with Crippen molar-refractivity contribution in [3.05, 3.63) is 39.9 Å². The quantitative estimate of drug-likeness (QED) is 0.629. The van der Waals surface area contributed by atoms with Crippen LogP contribution in [0.2, 0.25) is 0 Å². The van der Waals surface area contributed by atoms with Crippen LogP contribution in [0.15, 0.2) is 24.3 Å². The van der Waals surface area contributed by atoms with Gasteiger partial charge in [-0.3, -0.25) is 30.6 Å². The van der Waals surface area contributed by atoms with Crippen LogP contribution in [0.3, 0.4) is 0 Å². The highest BCUT2D eigenvalue weighted by Crippen LogP contribution is 2.25. The lowest BCUT2D eigenvalue weighted by Gasteiger charge is -2.23. The van der Waals surface area contributed by atoms with E-state index < -0.39 is 16.2 Å². The third kappa shape index (κ3) is 3.51. The van der Waals surface area contributed by atoms with E-state index in [9.17, 15) is 19.7 Å². The predicted octanol–water partition coefficient (Wildman–Crippen LogP) is 1.04. The molecule has 0 aliphatic carbocycles. The van der Waals surface area contributed by atoms with Crippen molar-refractivity contribution in [3.63, 3.8) is 0 Å². The Bertz CT molecular complexity index is 508. The molecule has 19 heavy (non-hydrogen) atoms. The molecule has 7 heteroatoms. The summed E-state index contributed by atoms with van der Waals surface area (Å²) in [7, 11) is 0. The summed E-state index contributed by atoms with van der Waals surface area (Å²) >= 11 is 0. The van der Waals surface area contributed by atoms with Gasteiger partial charge in [-0.15, -0.1) is 0 Å². The number of non-ortho nitro benzene ring substituents is 1. The molecule has 1 rings (SSSR count). The number of nitro groups is 1. The van der Waals surface area contributed by atoms with Gasteiger partial charge in [-0.1, -0.05) is 12.1 Å². The lowest BCUT2D eigenvalue weighted by atomic mass is 9.84. The van der Waals surface area contributed by atoms with Gasteiger partial charge in [0.25, 0.3) is 5.69 Å². The second-order valence-corrected chi connectivity index (χ2v) is 4.56. The minimum atomic E-state index is -0.919. The van der Waals surface area contributed by atoms with Gasteiger partial charge in [0.2, 0.25) is 11.8 Å². The maximum atomic E-state index is 11.9. The summed E-state index contributed by atoms with van der Waals surface area (Å²) in [4.78, 5) is 32.7. The molecule has 0 fully saturated rings. The smallest absolute Gasteiger partial charge is 0.269 e. The molecule has 1 aromatic carbocycles. The van der Waals surface area contributed by atoms with Crippen LogP contribution in [0, 0.1) is 10.1 Å². The molecule has 2 N–H and O–H groups in total. The number of hydrogen-bond acceptors (Lipinski definition) is 4. The van der Waals surface area contributed by atoms with Crippen LogP contribution in [0.25, 0.3) is 0 Å². The van der Waals surface area contributed by atoms with E-state index in [2.05, 4.69) is 10.9 Å². The summed E-state index contributed by atoms with van der Waals surface area (Å²) in [5.41, 5.74) is 4.14. The predicted molar refractivity (Wildman–Crippen MR) is 68.1 cm³/mol. The maximum absolute atomic E-state index is 11.9. The normalized spacial score (nSPS) is 10.7. The van der Waals surface area contributed by atoms with Crippen molar-refractivity contribution in [2.45, 2.75) is 26.2 Å². The van der Waals surface area contributed by atoms with Gasteiger partial charge in [-0.05, 0) is 19.4 Å². The molecule has 1 aromatic rings. The Morgan fingerprint density at radius 3 is 2.11 bits per heavy atom. The van der Waals surface area contributed by atoms with Crippen molar-refractivity contribution in [2.75, 3.05) is 0 Å². The van der Waals surface area contributed by atoms with Crippen LogP contribution in [0.1, 0.15) is 26.3 Å². The van der Waals surface area contributed by atoms with Gasteiger partial charge in [0.15, 0.2) is 0 Å². The van der Waals surface area contributed by atoms with Crippen LogP contribution < -0.4 is 10.9 Å². The highest BCUT2D eigenvalue weighted by molar-refractivity contribution is 5.89. The van der Waals surface area contributed by atoms with Crippen molar-refractivity contribution in [2.24, 2.45) is 0 Å². The molecule has 0 atom stereocenters. The van der Waals surface area contributed by atoms with E-state index >= 15 is 0 Å². The topological polar surface area (TPSA) is 101 Å². The molecule has 0 aromatic heterocycles. The van der Waals surface area contributed by atoms with Crippen molar-refractivity contribution in [1.82, 2.24) is 10.9 Å². The molecule has 2 amide bonds. The Hall–Kier alpha value is -2.44. The molecule has 0 saturated heterocycles. The van der Waals surface area contributed by atoms with Gasteiger partial charge in [-0.2, -0.15) is 0 Å². The first-order valence-electron chi connectivity index (χ1n) is 5.57. The van der Waals surface area contributed by atoms with E-state index in [-0.39, 0.29) is 11.6 Å². The third-order valence-corrected chi connectivity index (χ3v) is 2.72. The number of nitrogens with one attached hydrogen (secondary N) is 2. The summed E-state index contributed by atoms with van der Waals surface area (Å²) < 4.78 is 0. The van der Waals surface area contributed by atoms with Crippen LogP contribution in [-0.4, -0.2) is 16.7 Å². The van der Waals surface area contributed by atoms with Gasteiger partial charge in [0, 0.05) is 19.1 Å². The SMILES string of the molecule is CC(=O)NNC(=O)C(C)(C)c1ccc([N+](=O)[O-])cc1. The number of carbonyl (C=O) groups excluding carboxylic acids is 2. The van der Waals surface area contributed by atoms with Crippen molar-refractivity contribution in [3.8, 4) is 0 Å². The number of nitro benzene ring substituents is 1. The molecule has 7 nitrogen and oxygen atoms in total. The molecule has 0 unspecified atom stereocenters. The Balaban J connectivity index is 2.89. The summed E-state index contributed by atoms with van der Waals surface area (Å²) in [6.07, 6.45) is 0. The Morgan fingerprint density at radius 2 is 1.68 bits per heavy atom. The zero-order valence-electron chi connectivity index (χ0n) is 10.9. The minimum Gasteiger partial charge on any atom is -0.274 e. The second-order valence-electron chi connectivity index (χ2n) is 4.56. The molecule has 0 radical (unpaired) electrons. The second kappa shape index (κ2) is 5.47. The molecular weight excluding hydrogens is 250 g/mol. The average molecular weight is 265 g/mol. The van der Waals surface area contributed by atoms with E-state index in [0.717, 1.165) is 0 Å². The Morgan fingerprint density at radius 1 is 1.16 bits per heavy atom.